The van der Waals surface area contributed by atoms with Gasteiger partial charge in [0.1, 0.15) is 5.70 Å². The normalized spacial score (nSPS) is 13.8. The molecule has 1 aliphatic rings. The van der Waals surface area contributed by atoms with Gasteiger partial charge < -0.3 is 14.4 Å². The smallest absolute Gasteiger partial charge is 0.282 e. The zero-order valence-electron chi connectivity index (χ0n) is 17.3. The van der Waals surface area contributed by atoms with Gasteiger partial charge in [0.25, 0.3) is 17.5 Å². The van der Waals surface area contributed by atoms with Crippen molar-refractivity contribution in [3.05, 3.63) is 76.0 Å². The van der Waals surface area contributed by atoms with Crippen molar-refractivity contribution in [3.63, 3.8) is 0 Å². The zero-order chi connectivity index (χ0) is 22.4. The van der Waals surface area contributed by atoms with Crippen LogP contribution in [0.25, 0.3) is 5.57 Å². The van der Waals surface area contributed by atoms with E-state index < -0.39 is 16.7 Å². The van der Waals surface area contributed by atoms with Crippen molar-refractivity contribution in [1.29, 1.82) is 0 Å². The number of nitro groups is 1. The van der Waals surface area contributed by atoms with Gasteiger partial charge >= 0.3 is 0 Å². The predicted molar refractivity (Wildman–Crippen MR) is 114 cm³/mol. The van der Waals surface area contributed by atoms with E-state index in [0.717, 1.165) is 4.90 Å². The first-order valence-corrected chi connectivity index (χ1v) is 9.65. The topological polar surface area (TPSA) is 102 Å². The van der Waals surface area contributed by atoms with Crippen molar-refractivity contribution >= 4 is 28.8 Å². The van der Waals surface area contributed by atoms with Gasteiger partial charge in [0.05, 0.1) is 29.4 Å². The number of hydrogen-bond acceptors (Lipinski definition) is 7. The number of carbonyl (C=O) groups is 2. The third-order valence-corrected chi connectivity index (χ3v) is 4.89. The maximum atomic E-state index is 13.5. The molecule has 1 aliphatic heterocycles. The first-order chi connectivity index (χ1) is 15.0. The minimum absolute atomic E-state index is 0.0989. The third-order valence-electron chi connectivity index (χ3n) is 4.89. The molecule has 0 N–H and O–H groups in total. The molecule has 0 spiro atoms. The molecular weight excluding hydrogens is 402 g/mol. The highest BCUT2D eigenvalue weighted by atomic mass is 16.6. The largest absolute Gasteiger partial charge is 0.383 e. The van der Waals surface area contributed by atoms with Crippen LogP contribution >= 0.6 is 0 Å². The van der Waals surface area contributed by atoms with Gasteiger partial charge in [-0.05, 0) is 29.8 Å². The Balaban J connectivity index is 2.12. The van der Waals surface area contributed by atoms with E-state index in [1.54, 1.807) is 49.5 Å². The Morgan fingerprint density at radius 3 is 2.00 bits per heavy atom. The van der Waals surface area contributed by atoms with Gasteiger partial charge in [0, 0.05) is 39.4 Å². The molecule has 9 heteroatoms. The Kier molecular flexibility index (Phi) is 7.11. The van der Waals surface area contributed by atoms with Crippen molar-refractivity contribution in [2.24, 2.45) is 0 Å². The highest BCUT2D eigenvalue weighted by Gasteiger charge is 2.42. The van der Waals surface area contributed by atoms with Gasteiger partial charge in [-0.15, -0.1) is 0 Å². The first kappa shape index (κ1) is 22.1. The Labute approximate surface area is 179 Å². The second-order valence-corrected chi connectivity index (χ2v) is 6.78. The molecular formula is C22H23N3O6. The lowest BCUT2D eigenvalue weighted by molar-refractivity contribution is -0.384. The van der Waals surface area contributed by atoms with Gasteiger partial charge in [-0.3, -0.25) is 19.7 Å². The molecule has 2 amide bonds. The number of ether oxygens (including phenoxy) is 2. The van der Waals surface area contributed by atoms with Crippen LogP contribution in [0.3, 0.4) is 0 Å². The number of carbonyl (C=O) groups excluding carboxylic acids is 2. The summed E-state index contributed by atoms with van der Waals surface area (Å²) < 4.78 is 10.4. The average Bonchev–Trinajstić information content (AvgIpc) is 3.04. The van der Waals surface area contributed by atoms with E-state index in [1.165, 1.54) is 24.3 Å². The van der Waals surface area contributed by atoms with E-state index >= 15 is 0 Å². The van der Waals surface area contributed by atoms with Gasteiger partial charge in [-0.25, -0.2) is 4.90 Å². The highest BCUT2D eigenvalue weighted by molar-refractivity contribution is 6.45. The van der Waals surface area contributed by atoms with E-state index in [1.807, 2.05) is 0 Å². The number of imide groups is 1. The number of para-hydroxylation sites is 1. The zero-order valence-corrected chi connectivity index (χ0v) is 17.3. The molecule has 3 rings (SSSR count). The van der Waals surface area contributed by atoms with E-state index in [4.69, 9.17) is 9.47 Å². The fraction of sp³-hybridized carbons (Fsp3) is 0.273. The molecule has 0 aliphatic carbocycles. The molecule has 0 radical (unpaired) electrons. The third kappa shape index (κ3) is 4.62. The Hall–Kier alpha value is -3.56. The average molecular weight is 425 g/mol. The number of hydrogen-bond donors (Lipinski definition) is 0. The van der Waals surface area contributed by atoms with Crippen LogP contribution in [-0.2, 0) is 19.1 Å². The Morgan fingerprint density at radius 1 is 0.903 bits per heavy atom. The maximum Gasteiger partial charge on any atom is 0.282 e. The van der Waals surface area contributed by atoms with E-state index in [9.17, 15) is 19.7 Å². The standard InChI is InChI=1S/C22H23N3O6/c1-30-14-12-23(13-15-31-2)20-19(16-8-10-18(11-9-16)25(28)29)21(26)24(22(20)27)17-6-4-3-5-7-17/h3-11H,12-15H2,1-2H3. The summed E-state index contributed by atoms with van der Waals surface area (Å²) in [6.07, 6.45) is 0. The molecule has 0 fully saturated rings. The van der Waals surface area contributed by atoms with Crippen LogP contribution in [-0.4, -0.2) is 62.2 Å². The number of nitro benzene ring substituents is 1. The van der Waals surface area contributed by atoms with Crippen LogP contribution in [0.4, 0.5) is 11.4 Å². The number of nitrogens with zero attached hydrogens (tertiary/aromatic N) is 3. The fourth-order valence-electron chi connectivity index (χ4n) is 3.37. The van der Waals surface area contributed by atoms with Gasteiger partial charge in [0.15, 0.2) is 0 Å². The fourth-order valence-corrected chi connectivity index (χ4v) is 3.37. The number of rotatable bonds is 10. The summed E-state index contributed by atoms with van der Waals surface area (Å²) in [4.78, 5) is 40.3. The SMILES string of the molecule is COCCN(CCOC)C1=C(c2ccc([N+](=O)[O-])cc2)C(=O)N(c2ccccc2)C1=O. The molecule has 0 bridgehead atoms. The second kappa shape index (κ2) is 9.96. The van der Waals surface area contributed by atoms with Gasteiger partial charge in [-0.1, -0.05) is 18.2 Å². The molecule has 2 aromatic rings. The Morgan fingerprint density at radius 2 is 1.48 bits per heavy atom. The van der Waals surface area contributed by atoms with Gasteiger partial charge in [-0.2, -0.15) is 0 Å². The quantitative estimate of drug-likeness (QED) is 0.327. The maximum absolute atomic E-state index is 13.5. The summed E-state index contributed by atoms with van der Waals surface area (Å²) >= 11 is 0. The molecule has 0 saturated carbocycles. The molecule has 31 heavy (non-hydrogen) atoms. The lowest BCUT2D eigenvalue weighted by atomic mass is 10.0. The lowest BCUT2D eigenvalue weighted by Crippen LogP contribution is -2.37. The number of benzene rings is 2. The summed E-state index contributed by atoms with van der Waals surface area (Å²) in [6.45, 7) is 1.42. The van der Waals surface area contributed by atoms with E-state index in [2.05, 4.69) is 0 Å². The van der Waals surface area contributed by atoms with Crippen molar-refractivity contribution in [3.8, 4) is 0 Å². The number of non-ortho nitro benzene ring substituents is 1. The number of amides is 2. The van der Waals surface area contributed by atoms with Crippen LogP contribution in [0.2, 0.25) is 0 Å². The van der Waals surface area contributed by atoms with Crippen LogP contribution in [0, 0.1) is 10.1 Å². The molecule has 0 aromatic heterocycles. The van der Waals surface area contributed by atoms with Crippen LogP contribution in [0.1, 0.15) is 5.56 Å². The van der Waals surface area contributed by atoms with Crippen molar-refractivity contribution in [1.82, 2.24) is 4.90 Å². The number of methoxy groups -OCH3 is 2. The molecule has 9 nitrogen and oxygen atoms in total. The van der Waals surface area contributed by atoms with Crippen molar-refractivity contribution in [2.75, 3.05) is 45.4 Å². The molecule has 1 heterocycles. The molecule has 0 saturated heterocycles. The lowest BCUT2D eigenvalue weighted by Gasteiger charge is -2.25. The first-order valence-electron chi connectivity index (χ1n) is 9.65. The van der Waals surface area contributed by atoms with Gasteiger partial charge in [0.2, 0.25) is 0 Å². The molecule has 0 unspecified atom stereocenters. The van der Waals surface area contributed by atoms with Crippen LogP contribution < -0.4 is 4.90 Å². The summed E-state index contributed by atoms with van der Waals surface area (Å²) in [6, 6.07) is 14.2. The second-order valence-electron chi connectivity index (χ2n) is 6.78. The van der Waals surface area contributed by atoms with Crippen LogP contribution in [0.5, 0.6) is 0 Å². The number of anilines is 1. The van der Waals surface area contributed by atoms with E-state index in [-0.39, 0.29) is 17.0 Å². The highest BCUT2D eigenvalue weighted by Crippen LogP contribution is 2.35. The Bertz CT molecular complexity index is 980. The monoisotopic (exact) mass is 425 g/mol. The summed E-state index contributed by atoms with van der Waals surface area (Å²) in [5.41, 5.74) is 1.19. The van der Waals surface area contributed by atoms with Crippen LogP contribution in [0.15, 0.2) is 60.3 Å². The molecule has 0 atom stereocenters. The van der Waals surface area contributed by atoms with Crippen molar-refractivity contribution < 1.29 is 24.0 Å². The summed E-state index contributed by atoms with van der Waals surface area (Å²) in [5, 5.41) is 11.0. The van der Waals surface area contributed by atoms with Crippen molar-refractivity contribution in [2.45, 2.75) is 0 Å². The minimum atomic E-state index is -0.513. The predicted octanol–water partition coefficient (Wildman–Crippen LogP) is 2.47. The molecule has 2 aromatic carbocycles. The minimum Gasteiger partial charge on any atom is -0.383 e. The molecule has 162 valence electrons. The summed E-state index contributed by atoms with van der Waals surface area (Å²) in [7, 11) is 3.11. The summed E-state index contributed by atoms with van der Waals surface area (Å²) in [5.74, 6) is -0.948. The van der Waals surface area contributed by atoms with E-state index in [0.29, 0.717) is 37.6 Å².